The first-order valence-corrected chi connectivity index (χ1v) is 10.9. The minimum absolute atomic E-state index is 0.175. The molecule has 1 aliphatic heterocycles. The lowest BCUT2D eigenvalue weighted by atomic mass is 9.96. The van der Waals surface area contributed by atoms with Gasteiger partial charge in [0.1, 0.15) is 23.7 Å². The number of methoxy groups -OCH3 is 3. The van der Waals surface area contributed by atoms with Crippen molar-refractivity contribution in [2.24, 2.45) is 0 Å². The molecule has 1 amide bonds. The third-order valence-corrected chi connectivity index (χ3v) is 5.92. The van der Waals surface area contributed by atoms with E-state index in [0.29, 0.717) is 17.1 Å². The van der Waals surface area contributed by atoms with Gasteiger partial charge in [0.05, 0.1) is 27.0 Å². The Hall–Kier alpha value is -3.39. The molecule has 3 rings (SSSR count). The van der Waals surface area contributed by atoms with Crippen molar-refractivity contribution < 1.29 is 23.8 Å². The van der Waals surface area contributed by atoms with E-state index >= 15 is 0 Å². The number of ether oxygens (including phenoxy) is 3. The van der Waals surface area contributed by atoms with Crippen molar-refractivity contribution in [3.05, 3.63) is 58.8 Å². The summed E-state index contributed by atoms with van der Waals surface area (Å²) in [5.74, 6) is 0.857. The van der Waals surface area contributed by atoms with Crippen molar-refractivity contribution in [3.63, 3.8) is 0 Å². The van der Waals surface area contributed by atoms with Crippen LogP contribution in [0, 0.1) is 6.92 Å². The maximum Gasteiger partial charge on any atom is 0.325 e. The predicted molar refractivity (Wildman–Crippen MR) is 132 cm³/mol. The van der Waals surface area contributed by atoms with Crippen molar-refractivity contribution in [2.75, 3.05) is 32.8 Å². The van der Waals surface area contributed by atoms with Crippen LogP contribution in [0.15, 0.2) is 42.1 Å². The highest BCUT2D eigenvalue weighted by molar-refractivity contribution is 7.80. The molecule has 7 nitrogen and oxygen atoms in total. The molecule has 174 valence electrons. The number of benzene rings is 2. The molecule has 0 bridgehead atoms. The van der Waals surface area contributed by atoms with Gasteiger partial charge in [-0.3, -0.25) is 14.5 Å². The van der Waals surface area contributed by atoms with Crippen LogP contribution in [0.4, 0.5) is 5.69 Å². The molecule has 0 spiro atoms. The summed E-state index contributed by atoms with van der Waals surface area (Å²) in [6.45, 7) is 5.93. The molecule has 33 heavy (non-hydrogen) atoms. The molecule has 2 aromatic carbocycles. The zero-order valence-corrected chi connectivity index (χ0v) is 20.5. The van der Waals surface area contributed by atoms with E-state index in [0.717, 1.165) is 22.4 Å². The Morgan fingerprint density at radius 2 is 1.76 bits per heavy atom. The number of amides is 1. The average Bonchev–Trinajstić information content (AvgIpc) is 3.03. The number of esters is 1. The van der Waals surface area contributed by atoms with Gasteiger partial charge in [-0.1, -0.05) is 13.8 Å². The smallest absolute Gasteiger partial charge is 0.325 e. The lowest BCUT2D eigenvalue weighted by Crippen LogP contribution is -2.35. The first kappa shape index (κ1) is 24.3. The number of nitrogens with zero attached hydrogens (tertiary/aromatic N) is 2. The van der Waals surface area contributed by atoms with Gasteiger partial charge in [0.2, 0.25) is 0 Å². The van der Waals surface area contributed by atoms with E-state index in [1.807, 2.05) is 19.1 Å². The van der Waals surface area contributed by atoms with Gasteiger partial charge in [0.15, 0.2) is 5.11 Å². The second-order valence-electron chi connectivity index (χ2n) is 7.92. The molecule has 0 radical (unpaired) electrons. The highest BCUT2D eigenvalue weighted by Crippen LogP contribution is 2.34. The number of hydrogen-bond acceptors (Lipinski definition) is 6. The normalized spacial score (nSPS) is 14.9. The number of carbonyl (C=O) groups is 2. The van der Waals surface area contributed by atoms with Crippen LogP contribution in [0.5, 0.6) is 11.5 Å². The molecule has 1 fully saturated rings. The van der Waals surface area contributed by atoms with Gasteiger partial charge >= 0.3 is 5.97 Å². The molecular weight excluding hydrogens is 440 g/mol. The van der Waals surface area contributed by atoms with E-state index in [1.165, 1.54) is 16.9 Å². The lowest BCUT2D eigenvalue weighted by Gasteiger charge is -2.19. The van der Waals surface area contributed by atoms with Gasteiger partial charge in [-0.25, -0.2) is 0 Å². The molecule has 1 aliphatic rings. The third-order valence-electron chi connectivity index (χ3n) is 5.51. The van der Waals surface area contributed by atoms with Crippen molar-refractivity contribution >= 4 is 41.0 Å². The standard InChI is InChI=1S/C25H28N2O5S/c1-15(2)20-12-17(16(3)11-22(20)31-5)13-21-24(29)27(18-7-9-19(30-4)10-8-18)25(33)26(21)14-23(28)32-6/h7-13,15H,14H2,1-6H3. The Morgan fingerprint density at radius 3 is 2.30 bits per heavy atom. The van der Waals surface area contributed by atoms with Crippen LogP contribution >= 0.6 is 12.2 Å². The molecule has 8 heteroatoms. The van der Waals surface area contributed by atoms with E-state index in [-0.39, 0.29) is 23.5 Å². The van der Waals surface area contributed by atoms with Crippen molar-refractivity contribution in [1.29, 1.82) is 0 Å². The van der Waals surface area contributed by atoms with Gasteiger partial charge in [0.25, 0.3) is 5.91 Å². The molecular formula is C25H28N2O5S. The minimum Gasteiger partial charge on any atom is -0.497 e. The Labute approximate surface area is 199 Å². The maximum absolute atomic E-state index is 13.5. The number of aryl methyl sites for hydroxylation is 1. The first-order chi connectivity index (χ1) is 15.7. The van der Waals surface area contributed by atoms with Gasteiger partial charge in [-0.15, -0.1) is 0 Å². The SMILES string of the molecule is COC(=O)CN1C(=S)N(c2ccc(OC)cc2)C(=O)C1=Cc1cc(C(C)C)c(OC)cc1C. The summed E-state index contributed by atoms with van der Waals surface area (Å²) < 4.78 is 15.6. The second-order valence-corrected chi connectivity index (χ2v) is 8.28. The summed E-state index contributed by atoms with van der Waals surface area (Å²) in [6.07, 6.45) is 1.77. The van der Waals surface area contributed by atoms with Crippen molar-refractivity contribution in [1.82, 2.24) is 4.90 Å². The summed E-state index contributed by atoms with van der Waals surface area (Å²) in [5.41, 5.74) is 3.68. The van der Waals surface area contributed by atoms with Crippen LogP contribution < -0.4 is 14.4 Å². The van der Waals surface area contributed by atoms with E-state index in [2.05, 4.69) is 13.8 Å². The maximum atomic E-state index is 13.5. The van der Waals surface area contributed by atoms with Gasteiger partial charge in [-0.05, 0) is 84.2 Å². The van der Waals surface area contributed by atoms with Crippen LogP contribution in [0.2, 0.25) is 0 Å². The van der Waals surface area contributed by atoms with Gasteiger partial charge < -0.3 is 19.1 Å². The summed E-state index contributed by atoms with van der Waals surface area (Å²) in [5, 5.41) is 0.206. The topological polar surface area (TPSA) is 68.3 Å². The zero-order chi connectivity index (χ0) is 24.3. The molecule has 0 aromatic heterocycles. The predicted octanol–water partition coefficient (Wildman–Crippen LogP) is 4.28. The van der Waals surface area contributed by atoms with E-state index in [9.17, 15) is 9.59 Å². The summed E-state index contributed by atoms with van der Waals surface area (Å²) in [7, 11) is 4.52. The molecule has 0 atom stereocenters. The monoisotopic (exact) mass is 468 g/mol. The number of thiocarbonyl (C=S) groups is 1. The summed E-state index contributed by atoms with van der Waals surface area (Å²) in [6, 6.07) is 11.0. The number of hydrogen-bond donors (Lipinski definition) is 0. The highest BCUT2D eigenvalue weighted by Gasteiger charge is 2.40. The van der Waals surface area contributed by atoms with Crippen molar-refractivity contribution in [3.8, 4) is 11.5 Å². The van der Waals surface area contributed by atoms with Crippen LogP contribution in [0.25, 0.3) is 6.08 Å². The molecule has 2 aromatic rings. The van der Waals surface area contributed by atoms with Crippen LogP contribution in [0.1, 0.15) is 36.5 Å². The zero-order valence-electron chi connectivity index (χ0n) is 19.7. The fourth-order valence-corrected chi connectivity index (χ4v) is 3.98. The Morgan fingerprint density at radius 1 is 1.09 bits per heavy atom. The van der Waals surface area contributed by atoms with Crippen LogP contribution in [0.3, 0.4) is 0 Å². The third kappa shape index (κ3) is 4.85. The quantitative estimate of drug-likeness (QED) is 0.341. The Balaban J connectivity index is 2.11. The van der Waals surface area contributed by atoms with E-state index in [1.54, 1.807) is 44.6 Å². The van der Waals surface area contributed by atoms with Crippen LogP contribution in [-0.2, 0) is 14.3 Å². The largest absolute Gasteiger partial charge is 0.497 e. The minimum atomic E-state index is -0.498. The summed E-state index contributed by atoms with van der Waals surface area (Å²) in [4.78, 5) is 28.6. The number of carbonyl (C=O) groups excluding carboxylic acids is 2. The summed E-state index contributed by atoms with van der Waals surface area (Å²) >= 11 is 5.61. The molecule has 1 saturated heterocycles. The molecule has 0 aliphatic carbocycles. The average molecular weight is 469 g/mol. The van der Waals surface area contributed by atoms with Gasteiger partial charge in [-0.2, -0.15) is 0 Å². The first-order valence-electron chi connectivity index (χ1n) is 10.5. The molecule has 0 unspecified atom stereocenters. The number of rotatable bonds is 7. The van der Waals surface area contributed by atoms with E-state index in [4.69, 9.17) is 26.4 Å². The lowest BCUT2D eigenvalue weighted by molar-refractivity contribution is -0.140. The van der Waals surface area contributed by atoms with Crippen molar-refractivity contribution in [2.45, 2.75) is 26.7 Å². The fraction of sp³-hybridized carbons (Fsp3) is 0.320. The van der Waals surface area contributed by atoms with Crippen LogP contribution in [-0.4, -0.2) is 49.8 Å². The Kier molecular flexibility index (Phi) is 7.38. The molecule has 0 saturated carbocycles. The molecule has 1 heterocycles. The fourth-order valence-electron chi connectivity index (χ4n) is 3.63. The number of anilines is 1. The van der Waals surface area contributed by atoms with E-state index < -0.39 is 5.97 Å². The second kappa shape index (κ2) is 10.0. The van der Waals surface area contributed by atoms with Gasteiger partial charge in [0, 0.05) is 0 Å². The Bertz CT molecular complexity index is 1110. The molecule has 0 N–H and O–H groups in total. The highest BCUT2D eigenvalue weighted by atomic mass is 32.1.